The van der Waals surface area contributed by atoms with Crippen LogP contribution in [0, 0.1) is 13.8 Å². The zero-order valence-electron chi connectivity index (χ0n) is 8.92. The quantitative estimate of drug-likeness (QED) is 0.554. The lowest BCUT2D eigenvalue weighted by atomic mass is 10.2. The molecular formula is C11H16O2S. The van der Waals surface area contributed by atoms with Gasteiger partial charge in [-0.25, -0.2) is 0 Å². The fourth-order valence-electron chi connectivity index (χ4n) is 1.29. The van der Waals surface area contributed by atoms with Crippen molar-refractivity contribution >= 4 is 17.1 Å². The lowest BCUT2D eigenvalue weighted by Crippen LogP contribution is -2.09. The van der Waals surface area contributed by atoms with Crippen molar-refractivity contribution in [3.63, 3.8) is 0 Å². The monoisotopic (exact) mass is 212 g/mol. The van der Waals surface area contributed by atoms with Crippen molar-refractivity contribution in [2.75, 3.05) is 13.2 Å². The number of ether oxygens (including phenoxy) is 1. The van der Waals surface area contributed by atoms with Gasteiger partial charge in [0.05, 0.1) is 0 Å². The Morgan fingerprint density at radius 1 is 1.50 bits per heavy atom. The molecule has 0 aliphatic heterocycles. The summed E-state index contributed by atoms with van der Waals surface area (Å²) in [6.45, 7) is 6.90. The van der Waals surface area contributed by atoms with Gasteiger partial charge in [0, 0.05) is 21.9 Å². The van der Waals surface area contributed by atoms with E-state index in [0.29, 0.717) is 6.61 Å². The van der Waals surface area contributed by atoms with Crippen LogP contribution in [0.15, 0.2) is 6.07 Å². The van der Waals surface area contributed by atoms with Gasteiger partial charge in [0.1, 0.15) is 6.61 Å². The molecule has 0 unspecified atom stereocenters. The van der Waals surface area contributed by atoms with Gasteiger partial charge < -0.3 is 4.74 Å². The third kappa shape index (κ3) is 2.93. The van der Waals surface area contributed by atoms with Gasteiger partial charge in [0.25, 0.3) is 0 Å². The fourth-order valence-corrected chi connectivity index (χ4v) is 2.24. The number of Topliss-reactive ketones (excluding diaryl/α,β-unsaturated/α-hetero) is 1. The molecule has 14 heavy (non-hydrogen) atoms. The molecule has 0 radical (unpaired) electrons. The van der Waals surface area contributed by atoms with E-state index in [1.807, 2.05) is 26.8 Å². The second-order valence-electron chi connectivity index (χ2n) is 3.30. The van der Waals surface area contributed by atoms with Crippen molar-refractivity contribution in [3.8, 4) is 0 Å². The van der Waals surface area contributed by atoms with Gasteiger partial charge in [-0.05, 0) is 26.3 Å². The molecule has 0 fully saturated rings. The maximum atomic E-state index is 11.6. The maximum Gasteiger partial charge on any atom is 0.189 e. The lowest BCUT2D eigenvalue weighted by Gasteiger charge is -2.00. The van der Waals surface area contributed by atoms with Gasteiger partial charge >= 0.3 is 0 Å². The Labute approximate surface area is 88.9 Å². The van der Waals surface area contributed by atoms with Gasteiger partial charge in [-0.1, -0.05) is 6.92 Å². The van der Waals surface area contributed by atoms with Crippen molar-refractivity contribution in [1.29, 1.82) is 0 Å². The van der Waals surface area contributed by atoms with E-state index in [4.69, 9.17) is 4.74 Å². The van der Waals surface area contributed by atoms with E-state index in [2.05, 4.69) is 0 Å². The molecule has 1 rings (SSSR count). The number of hydrogen-bond donors (Lipinski definition) is 0. The molecule has 0 aromatic carbocycles. The summed E-state index contributed by atoms with van der Waals surface area (Å²) < 4.78 is 5.22. The molecule has 0 aliphatic carbocycles. The van der Waals surface area contributed by atoms with Crippen molar-refractivity contribution in [2.24, 2.45) is 0 Å². The number of ketones is 1. The first-order valence-corrected chi connectivity index (χ1v) is 5.64. The lowest BCUT2D eigenvalue weighted by molar-refractivity contribution is 0.0761. The Morgan fingerprint density at radius 2 is 2.21 bits per heavy atom. The molecule has 0 aliphatic rings. The Bertz CT molecular complexity index is 315. The molecule has 78 valence electrons. The Hall–Kier alpha value is -0.670. The third-order valence-corrected chi connectivity index (χ3v) is 2.89. The van der Waals surface area contributed by atoms with Crippen LogP contribution in [0.1, 0.15) is 33.5 Å². The molecule has 0 saturated carbocycles. The van der Waals surface area contributed by atoms with Crippen LogP contribution in [0.3, 0.4) is 0 Å². The molecule has 1 aromatic rings. The summed E-state index contributed by atoms with van der Waals surface area (Å²) in [5, 5.41) is 0. The predicted octanol–water partition coefficient (Wildman–Crippen LogP) is 2.97. The van der Waals surface area contributed by atoms with E-state index in [9.17, 15) is 4.79 Å². The Morgan fingerprint density at radius 3 is 2.71 bits per heavy atom. The van der Waals surface area contributed by atoms with Crippen LogP contribution in [-0.4, -0.2) is 19.0 Å². The van der Waals surface area contributed by atoms with Gasteiger partial charge in [-0.3, -0.25) is 4.79 Å². The SMILES string of the molecule is CCCOCC(=O)c1cc(C)sc1C. The molecule has 0 bridgehead atoms. The van der Waals surface area contributed by atoms with Gasteiger partial charge in [0.2, 0.25) is 0 Å². The standard InChI is InChI=1S/C11H16O2S/c1-4-5-13-7-11(12)10-6-8(2)14-9(10)3/h6H,4-5,7H2,1-3H3. The normalized spacial score (nSPS) is 10.5. The zero-order valence-corrected chi connectivity index (χ0v) is 9.74. The van der Waals surface area contributed by atoms with Gasteiger partial charge in [-0.15, -0.1) is 11.3 Å². The second kappa shape index (κ2) is 5.27. The molecule has 0 spiro atoms. The number of rotatable bonds is 5. The number of carbonyl (C=O) groups excluding carboxylic acids is 1. The smallest absolute Gasteiger partial charge is 0.189 e. The predicted molar refractivity (Wildman–Crippen MR) is 59.2 cm³/mol. The Kier molecular flexibility index (Phi) is 4.29. The van der Waals surface area contributed by atoms with Crippen LogP contribution < -0.4 is 0 Å². The molecule has 0 saturated heterocycles. The highest BCUT2D eigenvalue weighted by molar-refractivity contribution is 7.12. The number of aryl methyl sites for hydroxylation is 2. The summed E-state index contributed by atoms with van der Waals surface area (Å²) in [6.07, 6.45) is 0.953. The molecular weight excluding hydrogens is 196 g/mol. The van der Waals surface area contributed by atoms with E-state index in [-0.39, 0.29) is 12.4 Å². The molecule has 1 heterocycles. The first-order valence-electron chi connectivity index (χ1n) is 4.83. The van der Waals surface area contributed by atoms with Crippen molar-refractivity contribution in [1.82, 2.24) is 0 Å². The Balaban J connectivity index is 2.56. The third-order valence-electron chi connectivity index (χ3n) is 1.92. The summed E-state index contributed by atoms with van der Waals surface area (Å²) in [5.41, 5.74) is 0.823. The zero-order chi connectivity index (χ0) is 10.6. The molecule has 0 N–H and O–H groups in total. The molecule has 3 heteroatoms. The van der Waals surface area contributed by atoms with Gasteiger partial charge in [-0.2, -0.15) is 0 Å². The van der Waals surface area contributed by atoms with Crippen molar-refractivity contribution < 1.29 is 9.53 Å². The maximum absolute atomic E-state index is 11.6. The summed E-state index contributed by atoms with van der Waals surface area (Å²) in [5.74, 6) is 0.0975. The summed E-state index contributed by atoms with van der Waals surface area (Å²) in [6, 6.07) is 1.94. The van der Waals surface area contributed by atoms with Crippen molar-refractivity contribution in [3.05, 3.63) is 21.4 Å². The number of hydrogen-bond acceptors (Lipinski definition) is 3. The van der Waals surface area contributed by atoms with Crippen LogP contribution in [0.4, 0.5) is 0 Å². The molecule has 0 atom stereocenters. The van der Waals surface area contributed by atoms with E-state index in [1.54, 1.807) is 11.3 Å². The largest absolute Gasteiger partial charge is 0.373 e. The highest BCUT2D eigenvalue weighted by atomic mass is 32.1. The fraction of sp³-hybridized carbons (Fsp3) is 0.545. The topological polar surface area (TPSA) is 26.3 Å². The van der Waals surface area contributed by atoms with E-state index >= 15 is 0 Å². The summed E-state index contributed by atoms with van der Waals surface area (Å²) in [7, 11) is 0. The average Bonchev–Trinajstić information content (AvgIpc) is 2.45. The van der Waals surface area contributed by atoms with Crippen molar-refractivity contribution in [2.45, 2.75) is 27.2 Å². The molecule has 0 amide bonds. The van der Waals surface area contributed by atoms with Crippen LogP contribution in [-0.2, 0) is 4.74 Å². The summed E-state index contributed by atoms with van der Waals surface area (Å²) in [4.78, 5) is 13.9. The highest BCUT2D eigenvalue weighted by Gasteiger charge is 2.11. The first kappa shape index (κ1) is 11.4. The van der Waals surface area contributed by atoms with Gasteiger partial charge in [0.15, 0.2) is 5.78 Å². The van der Waals surface area contributed by atoms with E-state index in [0.717, 1.165) is 16.9 Å². The number of thiophene rings is 1. The average molecular weight is 212 g/mol. The second-order valence-corrected chi connectivity index (χ2v) is 4.76. The molecule has 1 aromatic heterocycles. The minimum Gasteiger partial charge on any atom is -0.373 e. The van der Waals surface area contributed by atoms with Crippen LogP contribution in [0.2, 0.25) is 0 Å². The van der Waals surface area contributed by atoms with Crippen LogP contribution in [0.25, 0.3) is 0 Å². The first-order chi connectivity index (χ1) is 6.65. The number of carbonyl (C=O) groups is 1. The minimum absolute atomic E-state index is 0.0975. The molecule has 2 nitrogen and oxygen atoms in total. The van der Waals surface area contributed by atoms with Crippen LogP contribution in [0.5, 0.6) is 0 Å². The van der Waals surface area contributed by atoms with Crippen LogP contribution >= 0.6 is 11.3 Å². The minimum atomic E-state index is 0.0975. The highest BCUT2D eigenvalue weighted by Crippen LogP contribution is 2.20. The van der Waals surface area contributed by atoms with E-state index in [1.165, 1.54) is 4.88 Å². The summed E-state index contributed by atoms with van der Waals surface area (Å²) >= 11 is 1.66. The van der Waals surface area contributed by atoms with E-state index < -0.39 is 0 Å².